The van der Waals surface area contributed by atoms with Crippen LogP contribution in [0.4, 0.5) is 9.59 Å². The second kappa shape index (κ2) is 19.1. The van der Waals surface area contributed by atoms with Crippen molar-refractivity contribution >= 4 is 18.0 Å². The highest BCUT2D eigenvalue weighted by molar-refractivity contribution is 5.86. The average molecular weight is 840 g/mol. The first kappa shape index (κ1) is 42.2. The fourth-order valence-corrected chi connectivity index (χ4v) is 8.70. The van der Waals surface area contributed by atoms with Crippen LogP contribution in [-0.4, -0.2) is 115 Å². The van der Waals surface area contributed by atoms with Crippen molar-refractivity contribution in [1.82, 2.24) is 45.3 Å². The maximum Gasteiger partial charge on any atom is 0.407 e. The van der Waals surface area contributed by atoms with Crippen LogP contribution in [0.3, 0.4) is 0 Å². The molecule has 6 atom stereocenters. The molecule has 0 spiro atoms. The molecular formula is C47H53N9O6. The summed E-state index contributed by atoms with van der Waals surface area (Å²) in [5.74, 6) is 7.84. The largest absolute Gasteiger partial charge is 0.453 e. The Kier molecular flexibility index (Phi) is 13.0. The predicted octanol–water partition coefficient (Wildman–Crippen LogP) is 5.64. The van der Waals surface area contributed by atoms with Gasteiger partial charge in [0.2, 0.25) is 5.91 Å². The highest BCUT2D eigenvalue weighted by Crippen LogP contribution is 2.36. The lowest BCUT2D eigenvalue weighted by molar-refractivity contribution is -0.134. The van der Waals surface area contributed by atoms with Crippen LogP contribution in [0.25, 0.3) is 22.5 Å². The minimum atomic E-state index is -1.01. The number of imidazole rings is 2. The van der Waals surface area contributed by atoms with E-state index in [1.807, 2.05) is 96.9 Å². The second-order valence-corrected chi connectivity index (χ2v) is 16.1. The van der Waals surface area contributed by atoms with Crippen molar-refractivity contribution in [3.63, 3.8) is 0 Å². The molecule has 0 bridgehead atoms. The smallest absolute Gasteiger partial charge is 0.407 e. The van der Waals surface area contributed by atoms with Crippen LogP contribution >= 0.6 is 0 Å². The number of β-amino-alcohol motifs (C(OH)–C–C–N with tert-alkyl or cyclic N) is 1. The molecule has 6 N–H and O–H groups in total. The lowest BCUT2D eigenvalue weighted by atomic mass is 10.0. The maximum absolute atomic E-state index is 13.3. The van der Waals surface area contributed by atoms with Crippen molar-refractivity contribution in [1.29, 1.82) is 0 Å². The van der Waals surface area contributed by atoms with Crippen molar-refractivity contribution in [3.05, 3.63) is 120 Å². The number of carbonyl (C=O) groups excluding carboxylic acids is 3. The third-order valence-corrected chi connectivity index (χ3v) is 12.1. The number of H-pyrrole nitrogens is 2. The van der Waals surface area contributed by atoms with E-state index in [-0.39, 0.29) is 30.6 Å². The molecule has 3 aliphatic rings. The minimum Gasteiger partial charge on any atom is -0.453 e. The van der Waals surface area contributed by atoms with E-state index in [2.05, 4.69) is 37.4 Å². The molecule has 5 heterocycles. The van der Waals surface area contributed by atoms with Crippen LogP contribution in [-0.2, 0) is 9.53 Å². The van der Waals surface area contributed by atoms with Gasteiger partial charge in [-0.1, -0.05) is 73.4 Å². The number of aliphatic hydroxyl groups is 2. The van der Waals surface area contributed by atoms with Gasteiger partial charge in [-0.05, 0) is 79.5 Å². The van der Waals surface area contributed by atoms with Gasteiger partial charge in [-0.3, -0.25) is 9.69 Å². The van der Waals surface area contributed by atoms with Crippen molar-refractivity contribution in [2.24, 2.45) is 0 Å². The first-order valence-corrected chi connectivity index (χ1v) is 21.4. The van der Waals surface area contributed by atoms with Gasteiger partial charge in [0.05, 0.1) is 55.1 Å². The summed E-state index contributed by atoms with van der Waals surface area (Å²) in [6.07, 6.45) is 5.72. The van der Waals surface area contributed by atoms with E-state index >= 15 is 0 Å². The quantitative estimate of drug-likeness (QED) is 0.0915. The zero-order valence-electron chi connectivity index (χ0n) is 35.0. The number of likely N-dealkylation sites (tertiary alicyclic amines) is 3. The van der Waals surface area contributed by atoms with E-state index in [1.54, 1.807) is 16.0 Å². The molecule has 0 aliphatic carbocycles. The van der Waals surface area contributed by atoms with Crippen LogP contribution < -0.4 is 10.6 Å². The molecule has 3 saturated heterocycles. The first-order chi connectivity index (χ1) is 30.2. The monoisotopic (exact) mass is 839 g/mol. The van der Waals surface area contributed by atoms with Crippen LogP contribution in [0.2, 0.25) is 0 Å². The lowest BCUT2D eigenvalue weighted by Crippen LogP contribution is -2.49. The Labute approximate surface area is 360 Å². The number of nitrogens with one attached hydrogen (secondary N) is 4. The summed E-state index contributed by atoms with van der Waals surface area (Å²) in [4.78, 5) is 60.1. The van der Waals surface area contributed by atoms with Gasteiger partial charge in [-0.2, -0.15) is 0 Å². The third kappa shape index (κ3) is 9.37. The van der Waals surface area contributed by atoms with Crippen molar-refractivity contribution in [2.75, 3.05) is 33.3 Å². The number of hydrogen-bond donors (Lipinski definition) is 6. The first-order valence-electron chi connectivity index (χ1n) is 21.4. The molecule has 4 amide bonds. The van der Waals surface area contributed by atoms with Crippen LogP contribution in [0, 0.1) is 11.8 Å². The van der Waals surface area contributed by atoms with Gasteiger partial charge < -0.3 is 45.4 Å². The van der Waals surface area contributed by atoms with E-state index in [4.69, 9.17) is 9.72 Å². The van der Waals surface area contributed by atoms with Gasteiger partial charge >= 0.3 is 12.1 Å². The summed E-state index contributed by atoms with van der Waals surface area (Å²) >= 11 is 0. The summed E-state index contributed by atoms with van der Waals surface area (Å²) < 4.78 is 4.71. The zero-order chi connectivity index (χ0) is 43.2. The number of aliphatic hydroxyl groups excluding tert-OH is 2. The number of carbonyl (C=O) groups is 3. The molecule has 0 radical (unpaired) electrons. The number of hydrogen-bond acceptors (Lipinski definition) is 9. The number of aromatic nitrogens is 4. The van der Waals surface area contributed by atoms with Crippen molar-refractivity contribution < 1.29 is 29.3 Å². The normalized spacial score (nSPS) is 20.3. The van der Waals surface area contributed by atoms with E-state index in [0.717, 1.165) is 70.7 Å². The van der Waals surface area contributed by atoms with Gasteiger partial charge in [0, 0.05) is 37.3 Å². The van der Waals surface area contributed by atoms with Gasteiger partial charge in [-0.25, -0.2) is 19.6 Å². The second-order valence-electron chi connectivity index (χ2n) is 16.1. The number of benzene rings is 3. The van der Waals surface area contributed by atoms with Crippen LogP contribution in [0.1, 0.15) is 91.9 Å². The Balaban J connectivity index is 0.892. The van der Waals surface area contributed by atoms with Crippen LogP contribution in [0.5, 0.6) is 0 Å². The molecule has 0 saturated carbocycles. The van der Waals surface area contributed by atoms with E-state index in [1.165, 1.54) is 7.11 Å². The fraction of sp³-hybridized carbons (Fsp3) is 0.383. The highest BCUT2D eigenvalue weighted by atomic mass is 16.5. The number of methoxy groups -OCH3 is 1. The van der Waals surface area contributed by atoms with Gasteiger partial charge in [0.15, 0.2) is 0 Å². The number of alkyl carbamates (subject to hydrolysis) is 1. The summed E-state index contributed by atoms with van der Waals surface area (Å²) in [5, 5.41) is 27.6. The number of ether oxygens (including phenoxy) is 1. The Morgan fingerprint density at radius 2 is 1.40 bits per heavy atom. The highest BCUT2D eigenvalue weighted by Gasteiger charge is 2.39. The van der Waals surface area contributed by atoms with Crippen LogP contribution in [0.15, 0.2) is 91.3 Å². The summed E-state index contributed by atoms with van der Waals surface area (Å²) in [7, 11) is 1.28. The Morgan fingerprint density at radius 1 is 0.806 bits per heavy atom. The maximum atomic E-state index is 13.3. The molecule has 62 heavy (non-hydrogen) atoms. The Hall–Kier alpha value is -6.47. The van der Waals surface area contributed by atoms with Gasteiger partial charge in [0.1, 0.15) is 23.9 Å². The third-order valence-electron chi connectivity index (χ3n) is 12.1. The molecule has 15 heteroatoms. The molecule has 3 aliphatic heterocycles. The number of aromatic amines is 2. The number of nitrogens with zero attached hydrogens (tertiary/aromatic N) is 5. The van der Waals surface area contributed by atoms with Gasteiger partial charge in [-0.15, -0.1) is 0 Å². The SMILES string of the molecule is CCC(NC(=O)OC)C(=O)N1CCCC1c1ncc(-c2ccc(C#Cc3ccc(-c4cnc(C5CCCN5C(O)C(NC(=O)N5CCC(O)C5)c5ccccc5)[nH]4)cc3)cc2)[nH]1. The van der Waals surface area contributed by atoms with E-state index in [0.29, 0.717) is 38.3 Å². The van der Waals surface area contributed by atoms with E-state index < -0.39 is 30.5 Å². The topological polar surface area (TPSA) is 192 Å². The standard InChI is InChI=1S/C47H53N9O6/c1-3-36(52-47(61)62-2)44(58)55-24-7-11-39(55)42-48-27-37(50-42)32-19-15-30(16-20-32)13-14-31-17-21-33(22-18-31)38-28-49-43(51-38)40-12-8-25-56(40)45(59)41(34-9-5-4-6-10-34)53-46(60)54-26-23-35(57)29-54/h4-6,9-10,15-22,27-28,35-36,39-41,45,57,59H,3,7-8,11-12,23-26,29H2,1-2H3,(H,48,50)(H,49,51)(H,52,61)(H,53,60). The molecule has 15 nitrogen and oxygen atoms in total. The molecule has 3 fully saturated rings. The molecule has 322 valence electrons. The predicted molar refractivity (Wildman–Crippen MR) is 232 cm³/mol. The number of urea groups is 1. The molecule has 5 aromatic rings. The van der Waals surface area contributed by atoms with E-state index in [9.17, 15) is 24.6 Å². The summed E-state index contributed by atoms with van der Waals surface area (Å²) in [6, 6.07) is 23.4. The fourth-order valence-electron chi connectivity index (χ4n) is 8.70. The molecular weight excluding hydrogens is 787 g/mol. The molecule has 2 aromatic heterocycles. The van der Waals surface area contributed by atoms with Crippen molar-refractivity contribution in [3.8, 4) is 34.4 Å². The summed E-state index contributed by atoms with van der Waals surface area (Å²) in [6.45, 7) is 3.84. The summed E-state index contributed by atoms with van der Waals surface area (Å²) in [5.41, 5.74) is 6.12. The minimum absolute atomic E-state index is 0.144. The lowest BCUT2D eigenvalue weighted by Gasteiger charge is -2.35. The Morgan fingerprint density at radius 3 is 1.98 bits per heavy atom. The zero-order valence-corrected chi connectivity index (χ0v) is 35.0. The van der Waals surface area contributed by atoms with Crippen molar-refractivity contribution in [2.45, 2.75) is 81.9 Å². The number of rotatable bonds is 11. The number of amides is 4. The Bertz CT molecular complexity index is 2390. The average Bonchev–Trinajstić information content (AvgIpc) is 4.17. The molecule has 8 rings (SSSR count). The molecule has 3 aromatic carbocycles. The molecule has 6 unspecified atom stereocenters. The van der Waals surface area contributed by atoms with Gasteiger partial charge in [0.25, 0.3) is 0 Å².